The van der Waals surface area contributed by atoms with Crippen molar-refractivity contribution in [3.05, 3.63) is 46.7 Å². The average molecular weight is 296 g/mol. The molecule has 4 rings (SSSR count). The first-order valence-corrected chi connectivity index (χ1v) is 7.38. The maximum atomic E-state index is 4.28. The average Bonchev–Trinajstić information content (AvgIpc) is 3.13. The largest absolute Gasteiger partial charge is 0.340 e. The van der Waals surface area contributed by atoms with Gasteiger partial charge in [-0.05, 0) is 17.5 Å². The minimum Gasteiger partial charge on any atom is -0.340 e. The number of thiophene rings is 1. The fraction of sp³-hybridized carbons (Fsp3) is 0.0714. The van der Waals surface area contributed by atoms with Crippen molar-refractivity contribution in [1.29, 1.82) is 0 Å². The Bertz CT molecular complexity index is 817. The van der Waals surface area contributed by atoms with Gasteiger partial charge < -0.3 is 10.3 Å². The predicted molar refractivity (Wildman–Crippen MR) is 85.3 cm³/mol. The van der Waals surface area contributed by atoms with E-state index in [-0.39, 0.29) is 6.29 Å². The van der Waals surface area contributed by atoms with Crippen molar-refractivity contribution in [3.63, 3.8) is 0 Å². The first-order valence-electron chi connectivity index (χ1n) is 6.50. The summed E-state index contributed by atoms with van der Waals surface area (Å²) in [5, 5.41) is 18.9. The van der Waals surface area contributed by atoms with E-state index in [2.05, 4.69) is 31.1 Å². The molecule has 0 aliphatic carbocycles. The molecule has 0 unspecified atom stereocenters. The van der Waals surface area contributed by atoms with Gasteiger partial charge in [-0.15, -0.1) is 21.6 Å². The number of aromatic nitrogens is 1. The molecule has 0 spiro atoms. The fourth-order valence-electron chi connectivity index (χ4n) is 2.21. The smallest absolute Gasteiger partial charge is 0.229 e. The zero-order valence-electron chi connectivity index (χ0n) is 10.9. The summed E-state index contributed by atoms with van der Waals surface area (Å²) < 4.78 is 0. The van der Waals surface area contributed by atoms with E-state index in [1.807, 2.05) is 41.8 Å². The lowest BCUT2D eigenvalue weighted by atomic mass is 10.2. The third-order valence-corrected chi connectivity index (χ3v) is 3.97. The van der Waals surface area contributed by atoms with Crippen LogP contribution in [0.3, 0.4) is 0 Å². The second-order valence-corrected chi connectivity index (χ2v) is 5.54. The van der Waals surface area contributed by atoms with Crippen LogP contribution in [0.1, 0.15) is 4.88 Å². The monoisotopic (exact) mass is 296 g/mol. The SMILES string of the molecule is C(=N/N[C@H]1N=Nc2c([nH]c3ccccc23)N1)/c1cccs1. The first kappa shape index (κ1) is 12.1. The fourth-order valence-corrected chi connectivity index (χ4v) is 2.80. The Hall–Kier alpha value is -2.67. The van der Waals surface area contributed by atoms with Gasteiger partial charge in [-0.1, -0.05) is 24.3 Å². The molecule has 21 heavy (non-hydrogen) atoms. The number of nitrogens with zero attached hydrogens (tertiary/aromatic N) is 3. The summed E-state index contributed by atoms with van der Waals surface area (Å²) in [4.78, 5) is 4.38. The van der Waals surface area contributed by atoms with E-state index >= 15 is 0 Å². The van der Waals surface area contributed by atoms with Crippen molar-refractivity contribution in [2.45, 2.75) is 6.29 Å². The molecule has 3 N–H and O–H groups in total. The normalized spacial score (nSPS) is 17.0. The molecule has 1 atom stereocenters. The molecule has 0 radical (unpaired) electrons. The van der Waals surface area contributed by atoms with Gasteiger partial charge in [0.2, 0.25) is 6.29 Å². The number of hydrogen-bond donors (Lipinski definition) is 3. The van der Waals surface area contributed by atoms with Crippen molar-refractivity contribution in [2.75, 3.05) is 5.32 Å². The topological polar surface area (TPSA) is 76.9 Å². The summed E-state index contributed by atoms with van der Waals surface area (Å²) in [6.45, 7) is 0. The molecule has 7 heteroatoms. The highest BCUT2D eigenvalue weighted by atomic mass is 32.1. The maximum Gasteiger partial charge on any atom is 0.229 e. The molecule has 1 aliphatic rings. The molecular formula is C14H12N6S. The van der Waals surface area contributed by atoms with Crippen LogP contribution in [0.2, 0.25) is 0 Å². The van der Waals surface area contributed by atoms with Crippen LogP contribution < -0.4 is 10.7 Å². The van der Waals surface area contributed by atoms with Gasteiger partial charge in [0.25, 0.3) is 0 Å². The van der Waals surface area contributed by atoms with E-state index in [1.165, 1.54) is 0 Å². The maximum absolute atomic E-state index is 4.28. The quantitative estimate of drug-likeness (QED) is 0.509. The van der Waals surface area contributed by atoms with Crippen molar-refractivity contribution in [3.8, 4) is 0 Å². The van der Waals surface area contributed by atoms with Crippen LogP contribution in [-0.4, -0.2) is 17.5 Å². The van der Waals surface area contributed by atoms with Crippen LogP contribution in [0.5, 0.6) is 0 Å². The van der Waals surface area contributed by atoms with Crippen LogP contribution in [0.15, 0.2) is 57.1 Å². The van der Waals surface area contributed by atoms with Gasteiger partial charge in [0.1, 0.15) is 11.5 Å². The highest BCUT2D eigenvalue weighted by molar-refractivity contribution is 7.11. The van der Waals surface area contributed by atoms with E-state index in [0.29, 0.717) is 0 Å². The Balaban J connectivity index is 1.52. The molecule has 104 valence electrons. The predicted octanol–water partition coefficient (Wildman–Crippen LogP) is 3.65. The summed E-state index contributed by atoms with van der Waals surface area (Å²) in [5.74, 6) is 0.857. The third kappa shape index (κ3) is 2.27. The lowest BCUT2D eigenvalue weighted by Crippen LogP contribution is -2.31. The number of azo groups is 1. The molecule has 2 aromatic heterocycles. The first-order chi connectivity index (χ1) is 10.4. The highest BCUT2D eigenvalue weighted by Crippen LogP contribution is 2.36. The van der Waals surface area contributed by atoms with E-state index in [4.69, 9.17) is 0 Å². The molecule has 0 saturated carbocycles. The van der Waals surface area contributed by atoms with Gasteiger partial charge in [0, 0.05) is 15.8 Å². The molecule has 0 amide bonds. The van der Waals surface area contributed by atoms with Crippen molar-refractivity contribution in [2.24, 2.45) is 15.3 Å². The number of hydrazone groups is 1. The van der Waals surface area contributed by atoms with Gasteiger partial charge in [-0.2, -0.15) is 5.10 Å². The summed E-state index contributed by atoms with van der Waals surface area (Å²) in [5.41, 5.74) is 4.81. The summed E-state index contributed by atoms with van der Waals surface area (Å²) in [6.07, 6.45) is 1.39. The number of nitrogens with one attached hydrogen (secondary N) is 3. The zero-order valence-corrected chi connectivity index (χ0v) is 11.8. The minimum absolute atomic E-state index is 0.373. The molecule has 6 nitrogen and oxygen atoms in total. The Morgan fingerprint density at radius 1 is 1.24 bits per heavy atom. The van der Waals surface area contributed by atoms with Gasteiger partial charge in [-0.3, -0.25) is 5.43 Å². The van der Waals surface area contributed by atoms with E-state index in [1.54, 1.807) is 17.6 Å². The van der Waals surface area contributed by atoms with E-state index < -0.39 is 0 Å². The van der Waals surface area contributed by atoms with Crippen molar-refractivity contribution in [1.82, 2.24) is 10.4 Å². The van der Waals surface area contributed by atoms with E-state index in [0.717, 1.165) is 27.3 Å². The standard InChI is InChI=1S/C14H12N6S/c1-2-6-11-10(5-1)12-13(16-11)17-14(20-18-12)19-15-8-9-4-3-7-21-9/h1-8,14,16-17,19H/b15-8-/t14-/m0/s1. The minimum atomic E-state index is -0.373. The van der Waals surface area contributed by atoms with Crippen LogP contribution in [0, 0.1) is 0 Å². The lowest BCUT2D eigenvalue weighted by molar-refractivity contribution is 0.579. The highest BCUT2D eigenvalue weighted by Gasteiger charge is 2.18. The molecule has 0 saturated heterocycles. The lowest BCUT2D eigenvalue weighted by Gasteiger charge is -2.16. The summed E-state index contributed by atoms with van der Waals surface area (Å²) in [6, 6.07) is 12.0. The molecule has 3 heterocycles. The molecule has 1 aliphatic heterocycles. The van der Waals surface area contributed by atoms with Gasteiger partial charge in [-0.25, -0.2) is 0 Å². The van der Waals surface area contributed by atoms with Crippen LogP contribution >= 0.6 is 11.3 Å². The number of rotatable bonds is 3. The zero-order chi connectivity index (χ0) is 14.1. The third-order valence-electron chi connectivity index (χ3n) is 3.16. The second-order valence-electron chi connectivity index (χ2n) is 4.56. The molecular weight excluding hydrogens is 284 g/mol. The second kappa shape index (κ2) is 5.02. The van der Waals surface area contributed by atoms with Gasteiger partial charge >= 0.3 is 0 Å². The molecule has 1 aromatic carbocycles. The van der Waals surface area contributed by atoms with Crippen LogP contribution in [0.25, 0.3) is 10.9 Å². The Labute approximate surface area is 124 Å². The summed E-state index contributed by atoms with van der Waals surface area (Å²) >= 11 is 1.63. The van der Waals surface area contributed by atoms with E-state index in [9.17, 15) is 0 Å². The molecule has 0 bridgehead atoms. The molecule has 0 fully saturated rings. The number of H-pyrrole nitrogens is 1. The number of para-hydroxylation sites is 1. The van der Waals surface area contributed by atoms with Crippen molar-refractivity contribution < 1.29 is 0 Å². The number of benzene rings is 1. The Kier molecular flexibility index (Phi) is 2.89. The van der Waals surface area contributed by atoms with Crippen LogP contribution in [0.4, 0.5) is 11.5 Å². The summed E-state index contributed by atoms with van der Waals surface area (Å²) in [7, 11) is 0. The van der Waals surface area contributed by atoms with Crippen LogP contribution in [-0.2, 0) is 0 Å². The van der Waals surface area contributed by atoms with Gasteiger partial charge in [0.05, 0.1) is 6.21 Å². The number of anilines is 1. The number of hydrogen-bond acceptors (Lipinski definition) is 6. The number of fused-ring (bicyclic) bond motifs is 3. The Morgan fingerprint density at radius 3 is 3.10 bits per heavy atom. The van der Waals surface area contributed by atoms with Crippen molar-refractivity contribution >= 4 is 40.0 Å². The Morgan fingerprint density at radius 2 is 2.19 bits per heavy atom. The van der Waals surface area contributed by atoms with Gasteiger partial charge in [0.15, 0.2) is 0 Å². The molecule has 3 aromatic rings. The number of aromatic amines is 1.